The second kappa shape index (κ2) is 14.8. The van der Waals surface area contributed by atoms with Crippen molar-refractivity contribution >= 4 is 34.5 Å². The van der Waals surface area contributed by atoms with Gasteiger partial charge in [-0.25, -0.2) is 4.98 Å². The lowest BCUT2D eigenvalue weighted by Crippen LogP contribution is -2.10. The maximum Gasteiger partial charge on any atom is 0.229 e. The van der Waals surface area contributed by atoms with Crippen LogP contribution in [0.15, 0.2) is 98.0 Å². The highest BCUT2D eigenvalue weighted by Gasteiger charge is 2.10. The molecule has 4 N–H and O–H groups in total. The summed E-state index contributed by atoms with van der Waals surface area (Å²) in [6.45, 7) is 5.13. The molecule has 2 aromatic heterocycles. The van der Waals surface area contributed by atoms with E-state index < -0.39 is 0 Å². The Kier molecular flexibility index (Phi) is 10.9. The van der Waals surface area contributed by atoms with Gasteiger partial charge in [0.25, 0.3) is 0 Å². The Bertz CT molecular complexity index is 1300. The van der Waals surface area contributed by atoms with E-state index in [9.17, 15) is 0 Å². The summed E-state index contributed by atoms with van der Waals surface area (Å²) in [6.07, 6.45) is 11.2. The highest BCUT2D eigenvalue weighted by atomic mass is 15.3. The number of rotatable bonds is 11. The topological polar surface area (TPSA) is 95.0 Å². The highest BCUT2D eigenvalue weighted by molar-refractivity contribution is 5.66. The molecule has 0 aliphatic carbocycles. The van der Waals surface area contributed by atoms with Crippen molar-refractivity contribution in [1.82, 2.24) is 24.6 Å². The third-order valence-electron chi connectivity index (χ3n) is 5.24. The van der Waals surface area contributed by atoms with Gasteiger partial charge in [-0.3, -0.25) is 4.68 Å². The number of allylic oxidation sites excluding steroid dienone is 2. The third-order valence-corrected chi connectivity index (χ3v) is 5.24. The summed E-state index contributed by atoms with van der Waals surface area (Å²) < 4.78 is 1.73. The van der Waals surface area contributed by atoms with E-state index in [-0.39, 0.29) is 0 Å². The first-order valence-corrected chi connectivity index (χ1v) is 12.3. The van der Waals surface area contributed by atoms with E-state index in [2.05, 4.69) is 48.9 Å². The van der Waals surface area contributed by atoms with Gasteiger partial charge in [-0.1, -0.05) is 49.1 Å². The van der Waals surface area contributed by atoms with Crippen LogP contribution in [0, 0.1) is 0 Å². The fourth-order valence-corrected chi connectivity index (χ4v) is 3.33. The second-order valence-corrected chi connectivity index (χ2v) is 8.70. The number of nitrogens with zero attached hydrogens (tertiary/aromatic N) is 5. The van der Waals surface area contributed by atoms with Crippen molar-refractivity contribution in [3.8, 4) is 0 Å². The predicted molar refractivity (Wildman–Crippen MR) is 159 cm³/mol. The quantitative estimate of drug-likeness (QED) is 0.192. The molecule has 0 amide bonds. The van der Waals surface area contributed by atoms with Crippen LogP contribution in [0.4, 0.5) is 34.5 Å². The van der Waals surface area contributed by atoms with E-state index in [0.29, 0.717) is 12.5 Å². The van der Waals surface area contributed by atoms with Crippen molar-refractivity contribution in [2.45, 2.75) is 6.54 Å². The first kappa shape index (κ1) is 27.9. The molecule has 9 nitrogen and oxygen atoms in total. The van der Waals surface area contributed by atoms with E-state index in [1.54, 1.807) is 17.0 Å². The number of nitrogens with one attached hydrogen (secondary N) is 4. The minimum absolute atomic E-state index is 0.499. The maximum absolute atomic E-state index is 4.71. The molecule has 0 radical (unpaired) electrons. The lowest BCUT2D eigenvalue weighted by Gasteiger charge is -2.14. The Morgan fingerprint density at radius 2 is 1.71 bits per heavy atom. The third kappa shape index (κ3) is 9.44. The van der Waals surface area contributed by atoms with Crippen LogP contribution in [-0.2, 0) is 13.6 Å². The Balaban J connectivity index is 0.000000436. The van der Waals surface area contributed by atoms with Crippen molar-refractivity contribution in [3.63, 3.8) is 0 Å². The van der Waals surface area contributed by atoms with Gasteiger partial charge in [-0.15, -0.1) is 0 Å². The molecular formula is C29H37N9. The Morgan fingerprint density at radius 1 is 0.947 bits per heavy atom. The Hall–Kier alpha value is -4.63. The summed E-state index contributed by atoms with van der Waals surface area (Å²) >= 11 is 0. The summed E-state index contributed by atoms with van der Waals surface area (Å²) in [6, 6.07) is 18.1. The molecule has 2 aromatic carbocycles. The van der Waals surface area contributed by atoms with Crippen LogP contribution in [0.3, 0.4) is 0 Å². The van der Waals surface area contributed by atoms with Crippen LogP contribution >= 0.6 is 0 Å². The van der Waals surface area contributed by atoms with Gasteiger partial charge in [0, 0.05) is 62.2 Å². The normalized spacial score (nSPS) is 10.6. The number of para-hydroxylation sites is 1. The number of anilines is 6. The van der Waals surface area contributed by atoms with Gasteiger partial charge in [0.2, 0.25) is 5.95 Å². The number of benzene rings is 2. The first-order valence-electron chi connectivity index (χ1n) is 12.3. The first-order chi connectivity index (χ1) is 18.5. The summed E-state index contributed by atoms with van der Waals surface area (Å²) in [5.74, 6) is 1.23. The van der Waals surface area contributed by atoms with Crippen molar-refractivity contribution in [3.05, 3.63) is 104 Å². The monoisotopic (exact) mass is 511 g/mol. The van der Waals surface area contributed by atoms with E-state index >= 15 is 0 Å². The molecule has 0 aliphatic rings. The van der Waals surface area contributed by atoms with Crippen molar-refractivity contribution in [2.24, 2.45) is 7.05 Å². The largest absolute Gasteiger partial charge is 0.388 e. The fourth-order valence-electron chi connectivity index (χ4n) is 3.33. The number of aryl methyl sites for hydroxylation is 1. The van der Waals surface area contributed by atoms with Gasteiger partial charge < -0.3 is 26.2 Å². The van der Waals surface area contributed by atoms with Crippen LogP contribution in [0.2, 0.25) is 0 Å². The van der Waals surface area contributed by atoms with Gasteiger partial charge >= 0.3 is 0 Å². The van der Waals surface area contributed by atoms with Gasteiger partial charge in [0.05, 0.1) is 11.9 Å². The van der Waals surface area contributed by atoms with Gasteiger partial charge in [0.1, 0.15) is 5.82 Å². The Labute approximate surface area is 225 Å². The minimum atomic E-state index is 0.499. The molecule has 38 heavy (non-hydrogen) atoms. The molecule has 0 saturated heterocycles. The number of hydrogen-bond donors (Lipinski definition) is 4. The average molecular weight is 512 g/mol. The Morgan fingerprint density at radius 3 is 2.39 bits per heavy atom. The van der Waals surface area contributed by atoms with Gasteiger partial charge in [-0.2, -0.15) is 10.1 Å². The molecule has 4 rings (SSSR count). The predicted octanol–water partition coefficient (Wildman–Crippen LogP) is 5.64. The summed E-state index contributed by atoms with van der Waals surface area (Å²) in [5, 5.41) is 17.4. The van der Waals surface area contributed by atoms with Crippen LogP contribution in [0.1, 0.15) is 5.56 Å². The summed E-state index contributed by atoms with van der Waals surface area (Å²) in [4.78, 5) is 11.3. The molecular weight excluding hydrogens is 474 g/mol. The van der Waals surface area contributed by atoms with Crippen molar-refractivity contribution in [1.29, 1.82) is 0 Å². The van der Waals surface area contributed by atoms with Crippen LogP contribution in [0.25, 0.3) is 0 Å². The average Bonchev–Trinajstić information content (AvgIpc) is 3.33. The highest BCUT2D eigenvalue weighted by Crippen LogP contribution is 2.24. The SMILES string of the molecule is C=C/C=C/CN(C)C.CNc1cccc(Nc2nc(Nc3cnn(C)c3)ncc2CNc2ccccc2)c1. The molecule has 0 fully saturated rings. The van der Waals surface area contributed by atoms with E-state index in [4.69, 9.17) is 4.98 Å². The standard InChI is InChI=1S/C22H24N8.C7H13N/c1-23-18-9-6-10-19(11-18)27-21-16(12-24-17-7-4-3-5-8-17)13-25-22(29-21)28-20-14-26-30(2)15-20;1-4-5-6-7-8(2)3/h3-11,13-15,23-24H,12H2,1-2H3,(H2,25,27,28,29);4-6H,1,7H2,2-3H3/b;6-5+. The van der Waals surface area contributed by atoms with Crippen LogP contribution < -0.4 is 21.3 Å². The fraction of sp³-hybridized carbons (Fsp3) is 0.207. The number of aromatic nitrogens is 4. The second-order valence-electron chi connectivity index (χ2n) is 8.70. The van der Waals surface area contributed by atoms with Crippen molar-refractivity contribution < 1.29 is 0 Å². The molecule has 198 valence electrons. The smallest absolute Gasteiger partial charge is 0.229 e. The summed E-state index contributed by atoms with van der Waals surface area (Å²) in [5.41, 5.74) is 4.78. The lowest BCUT2D eigenvalue weighted by molar-refractivity contribution is 0.456. The minimum Gasteiger partial charge on any atom is -0.388 e. The summed E-state index contributed by atoms with van der Waals surface area (Å²) in [7, 11) is 7.84. The van der Waals surface area contributed by atoms with Crippen LogP contribution in [-0.4, -0.2) is 52.3 Å². The zero-order chi connectivity index (χ0) is 27.2. The van der Waals surface area contributed by atoms with Gasteiger partial charge in [-0.05, 0) is 44.4 Å². The molecule has 0 bridgehead atoms. The molecule has 9 heteroatoms. The molecule has 0 unspecified atom stereocenters. The van der Waals surface area contributed by atoms with Gasteiger partial charge in [0.15, 0.2) is 0 Å². The maximum atomic E-state index is 4.71. The van der Waals surface area contributed by atoms with E-state index in [0.717, 1.165) is 40.7 Å². The zero-order valence-electron chi connectivity index (χ0n) is 22.5. The number of likely N-dealkylation sites (N-methyl/N-ethyl adjacent to an activating group) is 1. The number of hydrogen-bond acceptors (Lipinski definition) is 8. The molecule has 4 aromatic rings. The van der Waals surface area contributed by atoms with E-state index in [1.165, 1.54) is 0 Å². The van der Waals surface area contributed by atoms with Crippen molar-refractivity contribution in [2.75, 3.05) is 49.0 Å². The molecule has 2 heterocycles. The molecule has 0 saturated carbocycles. The molecule has 0 aliphatic heterocycles. The molecule has 0 atom stereocenters. The zero-order valence-corrected chi connectivity index (χ0v) is 22.5. The van der Waals surface area contributed by atoms with Crippen LogP contribution in [0.5, 0.6) is 0 Å². The molecule has 0 spiro atoms. The van der Waals surface area contributed by atoms with E-state index in [1.807, 2.05) is 101 Å². The lowest BCUT2D eigenvalue weighted by atomic mass is 10.2.